The van der Waals surface area contributed by atoms with E-state index in [9.17, 15) is 0 Å². The first-order valence-corrected chi connectivity index (χ1v) is 5.96. The van der Waals surface area contributed by atoms with Crippen molar-refractivity contribution in [2.75, 3.05) is 6.54 Å². The van der Waals surface area contributed by atoms with E-state index in [0.717, 1.165) is 28.7 Å². The number of aromatic nitrogens is 3. The Morgan fingerprint density at radius 1 is 1.17 bits per heavy atom. The van der Waals surface area contributed by atoms with Crippen LogP contribution < -0.4 is 5.73 Å². The fraction of sp³-hybridized carbons (Fsp3) is 0.143. The van der Waals surface area contributed by atoms with E-state index in [1.807, 2.05) is 18.3 Å². The molecule has 3 N–H and O–H groups in total. The van der Waals surface area contributed by atoms with Gasteiger partial charge in [-0.3, -0.25) is 0 Å². The van der Waals surface area contributed by atoms with Gasteiger partial charge >= 0.3 is 0 Å². The molecule has 0 unspecified atom stereocenters. The molecule has 0 aliphatic heterocycles. The standard InChI is InChI=1S/C14H14N4/c15-6-4-10-2-1-3-11(8-10)13-12-5-7-16-14(12)18-9-17-13/h1-3,5,7-9H,4,6,15H2,(H,16,17,18). The highest BCUT2D eigenvalue weighted by atomic mass is 14.9. The monoisotopic (exact) mass is 238 g/mol. The van der Waals surface area contributed by atoms with Crippen LogP contribution in [0.2, 0.25) is 0 Å². The second kappa shape index (κ2) is 4.58. The fourth-order valence-corrected chi connectivity index (χ4v) is 2.14. The number of H-pyrrole nitrogens is 1. The maximum Gasteiger partial charge on any atom is 0.141 e. The molecule has 0 radical (unpaired) electrons. The lowest BCUT2D eigenvalue weighted by molar-refractivity contribution is 0.969. The number of aromatic amines is 1. The minimum absolute atomic E-state index is 0.660. The molecule has 4 heteroatoms. The Balaban J connectivity index is 2.13. The van der Waals surface area contributed by atoms with Crippen LogP contribution in [0, 0.1) is 0 Å². The maximum atomic E-state index is 5.59. The van der Waals surface area contributed by atoms with Gasteiger partial charge < -0.3 is 10.7 Å². The van der Waals surface area contributed by atoms with Crippen LogP contribution in [0.15, 0.2) is 42.9 Å². The van der Waals surface area contributed by atoms with Crippen LogP contribution in [0.3, 0.4) is 0 Å². The predicted octanol–water partition coefficient (Wildman–Crippen LogP) is 2.13. The van der Waals surface area contributed by atoms with Crippen molar-refractivity contribution in [1.82, 2.24) is 15.0 Å². The van der Waals surface area contributed by atoms with Crippen LogP contribution in [0.1, 0.15) is 5.56 Å². The molecule has 2 aromatic heterocycles. The van der Waals surface area contributed by atoms with E-state index >= 15 is 0 Å². The highest BCUT2D eigenvalue weighted by Gasteiger charge is 2.07. The van der Waals surface area contributed by atoms with Gasteiger partial charge in [-0.1, -0.05) is 18.2 Å². The summed E-state index contributed by atoms with van der Waals surface area (Å²) in [6.45, 7) is 0.660. The van der Waals surface area contributed by atoms with Gasteiger partial charge in [-0.2, -0.15) is 0 Å². The Labute approximate surface area is 105 Å². The quantitative estimate of drug-likeness (QED) is 0.734. The van der Waals surface area contributed by atoms with Gasteiger partial charge in [-0.25, -0.2) is 9.97 Å². The van der Waals surface area contributed by atoms with E-state index in [1.54, 1.807) is 6.33 Å². The van der Waals surface area contributed by atoms with Gasteiger partial charge in [-0.05, 0) is 30.7 Å². The molecule has 1 aromatic carbocycles. The smallest absolute Gasteiger partial charge is 0.141 e. The second-order valence-corrected chi connectivity index (χ2v) is 4.20. The van der Waals surface area contributed by atoms with Crippen LogP contribution >= 0.6 is 0 Å². The topological polar surface area (TPSA) is 67.6 Å². The van der Waals surface area contributed by atoms with E-state index in [4.69, 9.17) is 5.73 Å². The summed E-state index contributed by atoms with van der Waals surface area (Å²) in [7, 11) is 0. The molecule has 3 aromatic rings. The number of nitrogens with zero attached hydrogens (tertiary/aromatic N) is 2. The Morgan fingerprint density at radius 3 is 3.00 bits per heavy atom. The van der Waals surface area contributed by atoms with Crippen molar-refractivity contribution >= 4 is 11.0 Å². The highest BCUT2D eigenvalue weighted by Crippen LogP contribution is 2.25. The summed E-state index contributed by atoms with van der Waals surface area (Å²) in [4.78, 5) is 11.7. The second-order valence-electron chi connectivity index (χ2n) is 4.20. The molecular weight excluding hydrogens is 224 g/mol. The average Bonchev–Trinajstić information content (AvgIpc) is 2.87. The van der Waals surface area contributed by atoms with Gasteiger partial charge in [0.05, 0.1) is 5.69 Å². The summed E-state index contributed by atoms with van der Waals surface area (Å²) in [5.74, 6) is 0. The molecule has 0 atom stereocenters. The Kier molecular flexibility index (Phi) is 2.78. The van der Waals surface area contributed by atoms with Crippen molar-refractivity contribution in [3.63, 3.8) is 0 Å². The van der Waals surface area contributed by atoms with Crippen LogP contribution in [-0.2, 0) is 6.42 Å². The van der Waals surface area contributed by atoms with Crippen molar-refractivity contribution in [3.05, 3.63) is 48.4 Å². The zero-order valence-corrected chi connectivity index (χ0v) is 9.93. The minimum atomic E-state index is 0.660. The third-order valence-electron chi connectivity index (χ3n) is 2.99. The number of rotatable bonds is 3. The van der Waals surface area contributed by atoms with Gasteiger partial charge in [-0.15, -0.1) is 0 Å². The Morgan fingerprint density at radius 2 is 2.11 bits per heavy atom. The first kappa shape index (κ1) is 10.9. The van der Waals surface area contributed by atoms with Crippen molar-refractivity contribution < 1.29 is 0 Å². The largest absolute Gasteiger partial charge is 0.346 e. The number of benzene rings is 1. The van der Waals surface area contributed by atoms with E-state index in [-0.39, 0.29) is 0 Å². The molecule has 0 fully saturated rings. The SMILES string of the molecule is NCCc1cccc(-c2ncnc3[nH]ccc23)c1. The molecule has 4 nitrogen and oxygen atoms in total. The number of hydrogen-bond acceptors (Lipinski definition) is 3. The average molecular weight is 238 g/mol. The number of hydrogen-bond donors (Lipinski definition) is 2. The molecule has 90 valence electrons. The summed E-state index contributed by atoms with van der Waals surface area (Å²) in [6, 6.07) is 10.3. The molecule has 0 saturated carbocycles. The van der Waals surface area contributed by atoms with Crippen molar-refractivity contribution in [2.45, 2.75) is 6.42 Å². The minimum Gasteiger partial charge on any atom is -0.346 e. The molecule has 0 aliphatic rings. The Hall–Kier alpha value is -2.20. The summed E-state index contributed by atoms with van der Waals surface area (Å²) in [6.07, 6.45) is 4.35. The lowest BCUT2D eigenvalue weighted by atomic mass is 10.0. The molecule has 3 rings (SSSR count). The molecule has 0 bridgehead atoms. The van der Waals surface area contributed by atoms with Gasteiger partial charge in [0.25, 0.3) is 0 Å². The van der Waals surface area contributed by atoms with Crippen LogP contribution in [0.5, 0.6) is 0 Å². The molecule has 0 amide bonds. The lowest BCUT2D eigenvalue weighted by Crippen LogP contribution is -2.02. The molecule has 2 heterocycles. The highest BCUT2D eigenvalue weighted by molar-refractivity contribution is 5.90. The molecule has 0 aliphatic carbocycles. The van der Waals surface area contributed by atoms with E-state index < -0.39 is 0 Å². The predicted molar refractivity (Wildman–Crippen MR) is 72.1 cm³/mol. The zero-order chi connectivity index (χ0) is 12.4. The number of fused-ring (bicyclic) bond motifs is 1. The van der Waals surface area contributed by atoms with Gasteiger partial charge in [0.15, 0.2) is 0 Å². The van der Waals surface area contributed by atoms with Crippen molar-refractivity contribution in [1.29, 1.82) is 0 Å². The molecule has 0 spiro atoms. The summed E-state index contributed by atoms with van der Waals surface area (Å²) < 4.78 is 0. The van der Waals surface area contributed by atoms with Gasteiger partial charge in [0.2, 0.25) is 0 Å². The van der Waals surface area contributed by atoms with Crippen LogP contribution in [0.25, 0.3) is 22.3 Å². The van der Waals surface area contributed by atoms with E-state index in [0.29, 0.717) is 6.54 Å². The summed E-state index contributed by atoms with van der Waals surface area (Å²) in [5.41, 5.74) is 9.75. The van der Waals surface area contributed by atoms with Crippen molar-refractivity contribution in [3.8, 4) is 11.3 Å². The van der Waals surface area contributed by atoms with Gasteiger partial charge in [0.1, 0.15) is 12.0 Å². The van der Waals surface area contributed by atoms with E-state index in [1.165, 1.54) is 5.56 Å². The van der Waals surface area contributed by atoms with Crippen LogP contribution in [-0.4, -0.2) is 21.5 Å². The number of nitrogens with two attached hydrogens (primary N) is 1. The molecule has 0 saturated heterocycles. The maximum absolute atomic E-state index is 5.59. The fourth-order valence-electron chi connectivity index (χ4n) is 2.14. The zero-order valence-electron chi connectivity index (χ0n) is 9.93. The summed E-state index contributed by atoms with van der Waals surface area (Å²) >= 11 is 0. The lowest BCUT2D eigenvalue weighted by Gasteiger charge is -2.05. The summed E-state index contributed by atoms with van der Waals surface area (Å²) in [5, 5.41) is 1.04. The first-order chi connectivity index (χ1) is 8.88. The third-order valence-corrected chi connectivity index (χ3v) is 2.99. The van der Waals surface area contributed by atoms with Crippen molar-refractivity contribution in [2.24, 2.45) is 5.73 Å². The normalized spacial score (nSPS) is 10.9. The molecular formula is C14H14N4. The number of nitrogens with one attached hydrogen (secondary N) is 1. The third kappa shape index (κ3) is 1.87. The Bertz CT molecular complexity index is 672. The van der Waals surface area contributed by atoms with Gasteiger partial charge in [0, 0.05) is 17.1 Å². The van der Waals surface area contributed by atoms with Crippen LogP contribution in [0.4, 0.5) is 0 Å². The first-order valence-electron chi connectivity index (χ1n) is 5.96. The van der Waals surface area contributed by atoms with E-state index in [2.05, 4.69) is 33.2 Å². The molecule has 18 heavy (non-hydrogen) atoms.